The fourth-order valence-corrected chi connectivity index (χ4v) is 4.38. The van der Waals surface area contributed by atoms with Crippen LogP contribution in [0, 0.1) is 0 Å². The summed E-state index contributed by atoms with van der Waals surface area (Å²) in [5.41, 5.74) is 0.900. The average molecular weight is 399 g/mol. The molecule has 2 heterocycles. The summed E-state index contributed by atoms with van der Waals surface area (Å²) in [7, 11) is 0. The van der Waals surface area contributed by atoms with Crippen LogP contribution in [0.3, 0.4) is 0 Å². The molecule has 0 aromatic carbocycles. The molecule has 2 rings (SSSR count). The predicted molar refractivity (Wildman–Crippen MR) is 73.5 cm³/mol. The van der Waals surface area contributed by atoms with Crippen molar-refractivity contribution in [2.45, 2.75) is 5.16 Å². The first-order chi connectivity index (χ1) is 8.06. The van der Waals surface area contributed by atoms with Crippen molar-refractivity contribution in [2.75, 3.05) is 5.75 Å². The fourth-order valence-electron chi connectivity index (χ4n) is 1.06. The Morgan fingerprint density at radius 3 is 2.94 bits per heavy atom. The van der Waals surface area contributed by atoms with Gasteiger partial charge >= 0.3 is 5.97 Å². The van der Waals surface area contributed by atoms with Crippen molar-refractivity contribution < 1.29 is 9.90 Å². The maximum absolute atomic E-state index is 10.4. The zero-order valence-corrected chi connectivity index (χ0v) is 12.9. The molecule has 0 aliphatic carbocycles. The summed E-state index contributed by atoms with van der Waals surface area (Å²) in [5.74, 6) is -0.321. The quantitative estimate of drug-likeness (QED) is 0.773. The predicted octanol–water partition coefficient (Wildman–Crippen LogP) is 3.23. The molecule has 17 heavy (non-hydrogen) atoms. The van der Waals surface area contributed by atoms with Gasteiger partial charge in [-0.3, -0.25) is 9.89 Å². The van der Waals surface area contributed by atoms with Crippen LogP contribution in [0.15, 0.2) is 18.8 Å². The van der Waals surface area contributed by atoms with E-state index in [0.717, 1.165) is 24.9 Å². The van der Waals surface area contributed by atoms with Gasteiger partial charge in [0.2, 0.25) is 5.16 Å². The molecule has 0 bridgehead atoms. The molecule has 0 amide bonds. The van der Waals surface area contributed by atoms with Crippen LogP contribution in [0.5, 0.6) is 0 Å². The SMILES string of the molecule is O=C(O)CSc1n[nH]c(-c2cc(Br)sc2Br)n1. The van der Waals surface area contributed by atoms with Gasteiger partial charge in [-0.1, -0.05) is 11.8 Å². The summed E-state index contributed by atoms with van der Waals surface area (Å²) in [4.78, 5) is 14.6. The average Bonchev–Trinajstić information content (AvgIpc) is 2.82. The van der Waals surface area contributed by atoms with Crippen molar-refractivity contribution in [1.29, 1.82) is 0 Å². The van der Waals surface area contributed by atoms with Gasteiger partial charge in [-0.25, -0.2) is 4.98 Å². The van der Waals surface area contributed by atoms with Crippen LogP contribution >= 0.6 is 55.0 Å². The number of H-pyrrole nitrogens is 1. The second-order valence-corrected chi connectivity index (χ2v) is 7.58. The molecule has 0 radical (unpaired) electrons. The number of hydrogen-bond donors (Lipinski definition) is 2. The Hall–Kier alpha value is -0.380. The lowest BCUT2D eigenvalue weighted by molar-refractivity contribution is -0.133. The number of carbonyl (C=O) groups is 1. The number of carboxylic acids is 1. The van der Waals surface area contributed by atoms with E-state index in [1.54, 1.807) is 0 Å². The van der Waals surface area contributed by atoms with E-state index < -0.39 is 5.97 Å². The van der Waals surface area contributed by atoms with Gasteiger partial charge < -0.3 is 5.11 Å². The summed E-state index contributed by atoms with van der Waals surface area (Å²) < 4.78 is 1.92. The van der Waals surface area contributed by atoms with Crippen molar-refractivity contribution in [3.63, 3.8) is 0 Å². The lowest BCUT2D eigenvalue weighted by atomic mass is 10.3. The van der Waals surface area contributed by atoms with Crippen LogP contribution < -0.4 is 0 Å². The van der Waals surface area contributed by atoms with Crippen LogP contribution in [-0.4, -0.2) is 32.0 Å². The number of aromatic amines is 1. The molecule has 0 saturated carbocycles. The Balaban J connectivity index is 2.18. The molecule has 2 N–H and O–H groups in total. The normalized spacial score (nSPS) is 10.7. The Labute approximate surface area is 121 Å². The maximum atomic E-state index is 10.4. The summed E-state index contributed by atoms with van der Waals surface area (Å²) in [6.45, 7) is 0. The Morgan fingerprint density at radius 2 is 2.35 bits per heavy atom. The first-order valence-corrected chi connectivity index (χ1v) is 7.67. The molecule has 0 spiro atoms. The monoisotopic (exact) mass is 397 g/mol. The molecule has 0 fully saturated rings. The van der Waals surface area contributed by atoms with Gasteiger partial charge in [-0.15, -0.1) is 16.4 Å². The van der Waals surface area contributed by atoms with Crippen LogP contribution in [0.2, 0.25) is 0 Å². The van der Waals surface area contributed by atoms with E-state index in [9.17, 15) is 4.79 Å². The highest BCUT2D eigenvalue weighted by Gasteiger charge is 2.13. The minimum atomic E-state index is -0.888. The van der Waals surface area contributed by atoms with Gasteiger partial charge in [0.05, 0.1) is 13.3 Å². The van der Waals surface area contributed by atoms with Gasteiger partial charge in [-0.05, 0) is 37.9 Å². The summed E-state index contributed by atoms with van der Waals surface area (Å²) >= 11 is 9.42. The van der Waals surface area contributed by atoms with Crippen molar-refractivity contribution in [3.05, 3.63) is 13.6 Å². The molecular weight excluding hydrogens is 394 g/mol. The molecule has 0 atom stereocenters. The van der Waals surface area contributed by atoms with E-state index in [1.165, 1.54) is 11.3 Å². The number of nitrogens with zero attached hydrogens (tertiary/aromatic N) is 2. The fraction of sp³-hybridized carbons (Fsp3) is 0.125. The third-order valence-corrected chi connectivity index (χ3v) is 4.87. The summed E-state index contributed by atoms with van der Waals surface area (Å²) in [6.07, 6.45) is 0. The number of hydrogen-bond acceptors (Lipinski definition) is 5. The smallest absolute Gasteiger partial charge is 0.313 e. The highest BCUT2D eigenvalue weighted by atomic mass is 79.9. The number of aromatic nitrogens is 3. The second kappa shape index (κ2) is 5.51. The van der Waals surface area contributed by atoms with Gasteiger partial charge in [0.15, 0.2) is 5.82 Å². The van der Waals surface area contributed by atoms with Crippen LogP contribution in [-0.2, 0) is 4.79 Å². The van der Waals surface area contributed by atoms with E-state index in [1.807, 2.05) is 6.07 Å². The van der Waals surface area contributed by atoms with Crippen molar-refractivity contribution in [2.24, 2.45) is 0 Å². The van der Waals surface area contributed by atoms with Crippen molar-refractivity contribution >= 4 is 60.9 Å². The minimum absolute atomic E-state index is 0.0498. The zero-order chi connectivity index (χ0) is 12.4. The second-order valence-electron chi connectivity index (χ2n) is 2.89. The third kappa shape index (κ3) is 3.30. The highest BCUT2D eigenvalue weighted by molar-refractivity contribution is 9.12. The molecule has 0 unspecified atom stereocenters. The van der Waals surface area contributed by atoms with E-state index in [-0.39, 0.29) is 5.75 Å². The Kier molecular flexibility index (Phi) is 4.23. The van der Waals surface area contributed by atoms with Crippen LogP contribution in [0.1, 0.15) is 0 Å². The van der Waals surface area contributed by atoms with Crippen molar-refractivity contribution in [1.82, 2.24) is 15.2 Å². The lowest BCUT2D eigenvalue weighted by Crippen LogP contribution is -1.97. The first-order valence-electron chi connectivity index (χ1n) is 4.28. The van der Waals surface area contributed by atoms with E-state index in [2.05, 4.69) is 47.0 Å². The molecule has 9 heteroatoms. The molecule has 90 valence electrons. The number of aliphatic carboxylic acids is 1. The molecule has 5 nitrogen and oxygen atoms in total. The third-order valence-electron chi connectivity index (χ3n) is 1.70. The molecule has 2 aromatic rings. The first kappa shape index (κ1) is 13.1. The van der Waals surface area contributed by atoms with Gasteiger partial charge in [0.25, 0.3) is 0 Å². The number of nitrogens with one attached hydrogen (secondary N) is 1. The molecule has 0 aliphatic rings. The lowest BCUT2D eigenvalue weighted by Gasteiger charge is -1.90. The van der Waals surface area contributed by atoms with Crippen LogP contribution in [0.25, 0.3) is 11.4 Å². The van der Waals surface area contributed by atoms with Gasteiger partial charge in [0.1, 0.15) is 0 Å². The number of halogens is 2. The van der Waals surface area contributed by atoms with E-state index in [4.69, 9.17) is 5.11 Å². The summed E-state index contributed by atoms with van der Waals surface area (Å²) in [6, 6.07) is 1.92. The number of rotatable bonds is 4. The largest absolute Gasteiger partial charge is 0.481 e. The van der Waals surface area contributed by atoms with Crippen LogP contribution in [0.4, 0.5) is 0 Å². The summed E-state index contributed by atoms with van der Waals surface area (Å²) in [5, 5.41) is 15.7. The Morgan fingerprint density at radius 1 is 1.59 bits per heavy atom. The number of thioether (sulfide) groups is 1. The minimum Gasteiger partial charge on any atom is -0.481 e. The van der Waals surface area contributed by atoms with Gasteiger partial charge in [-0.2, -0.15) is 0 Å². The molecular formula is C8H5Br2N3O2S2. The van der Waals surface area contributed by atoms with Crippen molar-refractivity contribution in [3.8, 4) is 11.4 Å². The topological polar surface area (TPSA) is 78.9 Å². The maximum Gasteiger partial charge on any atom is 0.313 e. The van der Waals surface area contributed by atoms with Gasteiger partial charge in [0, 0.05) is 5.56 Å². The Bertz CT molecular complexity index is 555. The molecule has 0 saturated heterocycles. The highest BCUT2D eigenvalue weighted by Crippen LogP contribution is 2.37. The standard InChI is InChI=1S/C8H5Br2N3O2S2/c9-4-1-3(6(10)17-4)7-11-8(13-12-7)16-2-5(14)15/h1H,2H2,(H,14,15)(H,11,12,13). The van der Waals surface area contributed by atoms with E-state index in [0.29, 0.717) is 11.0 Å². The zero-order valence-electron chi connectivity index (χ0n) is 8.11. The number of thiophene rings is 1. The molecule has 2 aromatic heterocycles. The van der Waals surface area contributed by atoms with E-state index >= 15 is 0 Å². The number of carboxylic acid groups (broad SMARTS) is 1. The molecule has 0 aliphatic heterocycles.